The van der Waals surface area contributed by atoms with Gasteiger partial charge in [0.05, 0.1) is 36.2 Å². The Labute approximate surface area is 181 Å². The monoisotopic (exact) mass is 446 g/mol. The number of ether oxygens (including phenoxy) is 3. The molecule has 30 heavy (non-hydrogen) atoms. The summed E-state index contributed by atoms with van der Waals surface area (Å²) in [7, 11) is 1.29. The largest absolute Gasteiger partial charge is 0.489 e. The number of halogens is 1. The minimum absolute atomic E-state index is 0.211. The predicted octanol–water partition coefficient (Wildman–Crippen LogP) is 3.68. The van der Waals surface area contributed by atoms with E-state index in [4.69, 9.17) is 25.8 Å². The highest BCUT2D eigenvalue weighted by molar-refractivity contribution is 7.98. The van der Waals surface area contributed by atoms with E-state index in [1.54, 1.807) is 18.2 Å². The number of hydrogen-bond acceptors (Lipinski definition) is 7. The molecule has 1 aliphatic heterocycles. The first-order valence-electron chi connectivity index (χ1n) is 9.34. The molecule has 7 nitrogen and oxygen atoms in total. The molecule has 4 rings (SSSR count). The fraction of sp³-hybridized carbons (Fsp3) is 0.286. The number of hydrogen-bond donors (Lipinski definition) is 0. The van der Waals surface area contributed by atoms with Crippen LogP contribution in [0.15, 0.2) is 46.3 Å². The van der Waals surface area contributed by atoms with Gasteiger partial charge < -0.3 is 14.2 Å². The highest BCUT2D eigenvalue weighted by atomic mass is 35.5. The van der Waals surface area contributed by atoms with Crippen molar-refractivity contribution in [2.75, 3.05) is 20.3 Å². The molecule has 0 N–H and O–H groups in total. The van der Waals surface area contributed by atoms with E-state index >= 15 is 0 Å². The molecule has 0 amide bonds. The number of nitrogens with zero attached hydrogens (tertiary/aromatic N) is 2. The van der Waals surface area contributed by atoms with Gasteiger partial charge in [-0.15, -0.1) is 0 Å². The molecule has 0 bridgehead atoms. The van der Waals surface area contributed by atoms with Crippen LogP contribution < -0.4 is 15.0 Å². The van der Waals surface area contributed by atoms with Crippen molar-refractivity contribution < 1.29 is 19.0 Å². The predicted molar refractivity (Wildman–Crippen MR) is 115 cm³/mol. The second kappa shape index (κ2) is 8.97. The summed E-state index contributed by atoms with van der Waals surface area (Å²) in [6.45, 7) is 0.907. The summed E-state index contributed by atoms with van der Waals surface area (Å²) < 4.78 is 17.5. The zero-order valence-corrected chi connectivity index (χ0v) is 17.8. The van der Waals surface area contributed by atoms with Crippen LogP contribution in [0.25, 0.3) is 10.9 Å². The first kappa shape index (κ1) is 20.6. The van der Waals surface area contributed by atoms with Crippen LogP contribution in [0.4, 0.5) is 0 Å². The number of carbonyl (C=O) groups is 1. The van der Waals surface area contributed by atoms with Crippen molar-refractivity contribution in [2.24, 2.45) is 0 Å². The molecule has 3 aromatic rings. The molecule has 156 valence electrons. The normalized spacial score (nSPS) is 13.1. The van der Waals surface area contributed by atoms with E-state index in [0.29, 0.717) is 51.5 Å². The molecular weight excluding hydrogens is 428 g/mol. The fourth-order valence-electron chi connectivity index (χ4n) is 3.11. The zero-order chi connectivity index (χ0) is 21.1. The third-order valence-corrected chi connectivity index (χ3v) is 5.90. The van der Waals surface area contributed by atoms with Gasteiger partial charge in [-0.3, -0.25) is 14.2 Å². The van der Waals surface area contributed by atoms with E-state index in [-0.39, 0.29) is 12.1 Å². The third kappa shape index (κ3) is 4.24. The Kier molecular flexibility index (Phi) is 6.15. The van der Waals surface area contributed by atoms with Gasteiger partial charge in [-0.1, -0.05) is 35.5 Å². The molecule has 0 atom stereocenters. The Bertz CT molecular complexity index is 1160. The summed E-state index contributed by atoms with van der Waals surface area (Å²) in [5.41, 5.74) is 1.18. The zero-order valence-electron chi connectivity index (χ0n) is 16.2. The Morgan fingerprint density at radius 1 is 1.27 bits per heavy atom. The van der Waals surface area contributed by atoms with Gasteiger partial charge in [0.2, 0.25) is 0 Å². The van der Waals surface area contributed by atoms with Gasteiger partial charge in [0.1, 0.15) is 6.54 Å². The Balaban J connectivity index is 1.67. The highest BCUT2D eigenvalue weighted by Gasteiger charge is 2.18. The summed E-state index contributed by atoms with van der Waals surface area (Å²) in [5, 5.41) is 1.35. The van der Waals surface area contributed by atoms with Gasteiger partial charge in [0.15, 0.2) is 16.7 Å². The number of fused-ring (bicyclic) bond motifs is 2. The Hall–Kier alpha value is -2.71. The van der Waals surface area contributed by atoms with Gasteiger partial charge in [-0.25, -0.2) is 4.98 Å². The molecule has 9 heteroatoms. The topological polar surface area (TPSA) is 79.7 Å². The molecule has 1 aliphatic rings. The second-order valence-electron chi connectivity index (χ2n) is 6.62. The highest BCUT2D eigenvalue weighted by Crippen LogP contribution is 2.39. The SMILES string of the molecule is COC(=O)Cn1c(SCc2cc(Cl)c3c(c2)OCCCO3)nc2ccccc2c1=O. The number of carbonyl (C=O) groups excluding carboxylic acids is 1. The van der Waals surface area contributed by atoms with Crippen LogP contribution in [0, 0.1) is 0 Å². The van der Waals surface area contributed by atoms with Crippen LogP contribution >= 0.6 is 23.4 Å². The molecule has 2 aromatic carbocycles. The quantitative estimate of drug-likeness (QED) is 0.336. The maximum Gasteiger partial charge on any atom is 0.325 e. The van der Waals surface area contributed by atoms with Crippen molar-refractivity contribution >= 4 is 40.2 Å². The summed E-state index contributed by atoms with van der Waals surface area (Å²) in [6.07, 6.45) is 0.788. The van der Waals surface area contributed by atoms with Crippen LogP contribution in [0.3, 0.4) is 0 Å². The molecule has 0 saturated carbocycles. The van der Waals surface area contributed by atoms with Gasteiger partial charge >= 0.3 is 5.97 Å². The average Bonchev–Trinajstić information content (AvgIpc) is 3.00. The number of rotatable bonds is 5. The summed E-state index contributed by atoms with van der Waals surface area (Å²) in [6, 6.07) is 10.7. The van der Waals surface area contributed by atoms with Gasteiger partial charge in [-0.05, 0) is 29.8 Å². The Morgan fingerprint density at radius 2 is 2.07 bits per heavy atom. The number of thioether (sulfide) groups is 1. The van der Waals surface area contributed by atoms with E-state index < -0.39 is 5.97 Å². The minimum Gasteiger partial charge on any atom is -0.489 e. The lowest BCUT2D eigenvalue weighted by atomic mass is 10.2. The van der Waals surface area contributed by atoms with Crippen molar-refractivity contribution in [3.05, 3.63) is 57.3 Å². The summed E-state index contributed by atoms with van der Waals surface area (Å²) in [4.78, 5) is 29.4. The molecule has 0 unspecified atom stereocenters. The number of benzene rings is 2. The molecule has 0 aliphatic carbocycles. The van der Waals surface area contributed by atoms with Crippen molar-refractivity contribution in [3.8, 4) is 11.5 Å². The van der Waals surface area contributed by atoms with Crippen molar-refractivity contribution in [1.29, 1.82) is 0 Å². The summed E-state index contributed by atoms with van der Waals surface area (Å²) in [5.74, 6) is 1.11. The van der Waals surface area contributed by atoms with E-state index in [2.05, 4.69) is 4.98 Å². The lowest BCUT2D eigenvalue weighted by Gasteiger charge is -2.14. The Morgan fingerprint density at radius 3 is 2.90 bits per heavy atom. The number of para-hydroxylation sites is 1. The average molecular weight is 447 g/mol. The van der Waals surface area contributed by atoms with E-state index in [1.165, 1.54) is 23.4 Å². The maximum absolute atomic E-state index is 12.9. The lowest BCUT2D eigenvalue weighted by Crippen LogP contribution is -2.27. The molecule has 0 radical (unpaired) electrons. The fourth-order valence-corrected chi connectivity index (χ4v) is 4.32. The third-order valence-electron chi connectivity index (χ3n) is 4.57. The maximum atomic E-state index is 12.9. The molecule has 1 aromatic heterocycles. The minimum atomic E-state index is -0.519. The van der Waals surface area contributed by atoms with Crippen LogP contribution in [0.5, 0.6) is 11.5 Å². The molecule has 2 heterocycles. The van der Waals surface area contributed by atoms with Crippen molar-refractivity contribution in [3.63, 3.8) is 0 Å². The number of methoxy groups -OCH3 is 1. The first-order valence-corrected chi connectivity index (χ1v) is 10.7. The molecule has 0 saturated heterocycles. The van der Waals surface area contributed by atoms with Gasteiger partial charge in [0.25, 0.3) is 5.56 Å². The van der Waals surface area contributed by atoms with Crippen molar-refractivity contribution in [2.45, 2.75) is 23.9 Å². The van der Waals surface area contributed by atoms with E-state index in [0.717, 1.165) is 12.0 Å². The lowest BCUT2D eigenvalue weighted by molar-refractivity contribution is -0.141. The van der Waals surface area contributed by atoms with E-state index in [1.807, 2.05) is 18.2 Å². The molecule has 0 spiro atoms. The smallest absolute Gasteiger partial charge is 0.325 e. The number of esters is 1. The second-order valence-corrected chi connectivity index (χ2v) is 7.97. The molecule has 0 fully saturated rings. The van der Waals surface area contributed by atoms with Gasteiger partial charge in [0, 0.05) is 12.2 Å². The van der Waals surface area contributed by atoms with Crippen LogP contribution in [-0.4, -0.2) is 35.8 Å². The van der Waals surface area contributed by atoms with Crippen molar-refractivity contribution in [1.82, 2.24) is 9.55 Å². The molecular formula is C21H19ClN2O5S. The standard InChI is InChI=1S/C21H19ClN2O5S/c1-27-18(25)11-24-20(26)14-5-2-3-6-16(14)23-21(24)30-12-13-9-15(22)19-17(10-13)28-7-4-8-29-19/h2-3,5-6,9-10H,4,7-8,11-12H2,1H3. The first-order chi connectivity index (χ1) is 14.6. The van der Waals surface area contributed by atoms with Crippen LogP contribution in [0.1, 0.15) is 12.0 Å². The van der Waals surface area contributed by atoms with Gasteiger partial charge in [-0.2, -0.15) is 0 Å². The number of aromatic nitrogens is 2. The summed E-state index contributed by atoms with van der Waals surface area (Å²) >= 11 is 7.71. The van der Waals surface area contributed by atoms with E-state index in [9.17, 15) is 9.59 Å². The van der Waals surface area contributed by atoms with Crippen LogP contribution in [-0.2, 0) is 21.8 Å². The van der Waals surface area contributed by atoms with Crippen LogP contribution in [0.2, 0.25) is 5.02 Å².